The molecule has 2 aromatic carbocycles. The van der Waals surface area contributed by atoms with Crippen molar-refractivity contribution in [1.82, 2.24) is 10.6 Å². The summed E-state index contributed by atoms with van der Waals surface area (Å²) in [4.78, 5) is 35.3. The van der Waals surface area contributed by atoms with Crippen molar-refractivity contribution in [2.24, 2.45) is 0 Å². The minimum Gasteiger partial charge on any atom is -0.465 e. The molecule has 0 heterocycles. The number of esters is 1. The van der Waals surface area contributed by atoms with Crippen molar-refractivity contribution >= 4 is 28.6 Å². The molecule has 182 valence electrons. The number of hydrogen-bond acceptors (Lipinski definition) is 4. The van der Waals surface area contributed by atoms with Gasteiger partial charge in [-0.05, 0) is 99.7 Å². The molecular weight excluding hydrogens is 496 g/mol. The van der Waals surface area contributed by atoms with Crippen molar-refractivity contribution in [3.8, 4) is 11.8 Å². The Kier molecular flexibility index (Phi) is 13.1. The fraction of sp³-hybridized carbons (Fsp3) is 0.138. The van der Waals surface area contributed by atoms with Gasteiger partial charge in [0.1, 0.15) is 6.54 Å². The van der Waals surface area contributed by atoms with Gasteiger partial charge in [0, 0.05) is 11.1 Å². The number of ether oxygens (including phenoxy) is 1. The molecule has 0 atom stereocenters. The van der Waals surface area contributed by atoms with E-state index >= 15 is 0 Å². The molecule has 0 unspecified atom stereocenters. The van der Waals surface area contributed by atoms with Gasteiger partial charge in [-0.1, -0.05) is 24.0 Å². The molecule has 0 spiro atoms. The second kappa shape index (κ2) is 16.0. The molecule has 0 bridgehead atoms. The van der Waals surface area contributed by atoms with Crippen LogP contribution < -0.4 is 10.6 Å². The first-order valence-corrected chi connectivity index (χ1v) is 11.2. The molecule has 2 N–H and O–H groups in total. The van der Waals surface area contributed by atoms with Gasteiger partial charge in [-0.3, -0.25) is 14.4 Å². The van der Waals surface area contributed by atoms with Gasteiger partial charge in [0.25, 0.3) is 5.91 Å². The maximum Gasteiger partial charge on any atom is 2.00 e. The number of rotatable bonds is 6. The molecule has 2 saturated carbocycles. The SMILES string of the molecule is CCOC(=O)CNC(=O)CNC(=O)c1ccc2cc(C#C[C]3[CH][CH][CH][CH]3)ccc2c1.[CH]1[CH][CH][CH][CH]1.[Fe+2]. The Balaban J connectivity index is 0.000000678. The normalized spacial score (nSPS) is 14.5. The zero-order valence-corrected chi connectivity index (χ0v) is 20.9. The smallest absolute Gasteiger partial charge is 0.465 e. The second-order valence-corrected chi connectivity index (χ2v) is 7.43. The van der Waals surface area contributed by atoms with Gasteiger partial charge in [0.05, 0.1) is 19.1 Å². The Morgan fingerprint density at radius 2 is 1.42 bits per heavy atom. The van der Waals surface area contributed by atoms with Crippen LogP contribution in [0.4, 0.5) is 0 Å². The average molecular weight is 522 g/mol. The summed E-state index contributed by atoms with van der Waals surface area (Å²) >= 11 is 0. The molecule has 2 amide bonds. The van der Waals surface area contributed by atoms with E-state index in [-0.39, 0.29) is 42.7 Å². The maximum absolute atomic E-state index is 12.3. The Morgan fingerprint density at radius 3 is 2.08 bits per heavy atom. The summed E-state index contributed by atoms with van der Waals surface area (Å²) < 4.78 is 4.72. The first-order chi connectivity index (χ1) is 17.0. The number of carbonyl (C=O) groups excluding carboxylic acids is 3. The quantitative estimate of drug-likeness (QED) is 0.347. The Labute approximate surface area is 224 Å². The van der Waals surface area contributed by atoms with Gasteiger partial charge < -0.3 is 15.4 Å². The number of carbonyl (C=O) groups is 3. The van der Waals surface area contributed by atoms with Gasteiger partial charge in [-0.2, -0.15) is 0 Å². The Hall–Kier alpha value is -2.81. The van der Waals surface area contributed by atoms with Gasteiger partial charge in [0.15, 0.2) is 0 Å². The summed E-state index contributed by atoms with van der Waals surface area (Å²) in [6.07, 6.45) is 17.8. The molecule has 2 aromatic rings. The summed E-state index contributed by atoms with van der Waals surface area (Å²) in [5, 5.41) is 6.79. The van der Waals surface area contributed by atoms with Crippen molar-refractivity contribution in [3.63, 3.8) is 0 Å². The summed E-state index contributed by atoms with van der Waals surface area (Å²) in [5.74, 6) is 5.84. The van der Waals surface area contributed by atoms with Crippen molar-refractivity contribution < 1.29 is 36.2 Å². The molecule has 0 aliphatic heterocycles. The first kappa shape index (κ1) is 29.4. The largest absolute Gasteiger partial charge is 2.00 e. The third-order valence-electron chi connectivity index (χ3n) is 4.82. The predicted octanol–water partition coefficient (Wildman–Crippen LogP) is 3.02. The summed E-state index contributed by atoms with van der Waals surface area (Å²) in [6.45, 7) is 1.47. The van der Waals surface area contributed by atoms with E-state index in [0.717, 1.165) is 22.3 Å². The van der Waals surface area contributed by atoms with Crippen LogP contribution in [0.3, 0.4) is 0 Å². The van der Waals surface area contributed by atoms with E-state index in [4.69, 9.17) is 4.74 Å². The van der Waals surface area contributed by atoms with Crippen LogP contribution in [0.2, 0.25) is 0 Å². The van der Waals surface area contributed by atoms with E-state index in [1.807, 2.05) is 82.1 Å². The van der Waals surface area contributed by atoms with Gasteiger partial charge in [-0.25, -0.2) is 0 Å². The molecule has 36 heavy (non-hydrogen) atoms. The van der Waals surface area contributed by atoms with Crippen LogP contribution >= 0.6 is 0 Å². The first-order valence-electron chi connectivity index (χ1n) is 11.2. The zero-order chi connectivity index (χ0) is 24.9. The third kappa shape index (κ3) is 10.0. The number of hydrogen-bond donors (Lipinski definition) is 2. The minimum atomic E-state index is -0.523. The van der Waals surface area contributed by atoms with Crippen molar-refractivity contribution in [2.75, 3.05) is 19.7 Å². The van der Waals surface area contributed by atoms with Crippen LogP contribution in [-0.4, -0.2) is 37.5 Å². The van der Waals surface area contributed by atoms with Gasteiger partial charge in [0.2, 0.25) is 5.91 Å². The van der Waals surface area contributed by atoms with Crippen LogP contribution in [-0.2, 0) is 31.4 Å². The van der Waals surface area contributed by atoms with Crippen LogP contribution in [0.1, 0.15) is 22.8 Å². The molecule has 0 saturated heterocycles. The molecule has 0 aromatic heterocycles. The van der Waals surface area contributed by atoms with E-state index in [0.29, 0.717) is 5.56 Å². The van der Waals surface area contributed by atoms with Gasteiger partial charge in [-0.15, -0.1) is 0 Å². The molecular formula is C29H26FeN2O4+2. The predicted molar refractivity (Wildman–Crippen MR) is 135 cm³/mol. The fourth-order valence-corrected chi connectivity index (χ4v) is 3.10. The molecule has 10 radical (unpaired) electrons. The average Bonchev–Trinajstić information content (AvgIpc) is 3.62. The molecule has 6 nitrogen and oxygen atoms in total. The molecule has 2 fully saturated rings. The van der Waals surface area contributed by atoms with Crippen molar-refractivity contribution in [3.05, 3.63) is 111 Å². The van der Waals surface area contributed by atoms with E-state index in [9.17, 15) is 14.4 Å². The molecule has 2 aliphatic rings. The molecule has 7 heteroatoms. The summed E-state index contributed by atoms with van der Waals surface area (Å²) in [7, 11) is 0. The molecule has 4 rings (SSSR count). The van der Waals surface area contributed by atoms with Crippen LogP contribution in [0, 0.1) is 75.5 Å². The maximum atomic E-state index is 12.3. The standard InChI is InChI=1S/C24H21N2O4.C5H5.Fe/c1-2-30-23(28)16-25-22(27)15-26-24(29)21-12-11-19-13-18(9-10-20(19)14-21)8-7-17-5-3-4-6-17;1-2-4-5-3-1;/h3-6,9-14H,2,15-16H2,1H3,(H,25,27)(H,26,29);1-5H;/q;;+2. The number of fused-ring (bicyclic) bond motifs is 1. The number of benzene rings is 2. The van der Waals surface area contributed by atoms with Crippen molar-refractivity contribution in [2.45, 2.75) is 6.92 Å². The van der Waals surface area contributed by atoms with Crippen molar-refractivity contribution in [1.29, 1.82) is 0 Å². The van der Waals surface area contributed by atoms with E-state index < -0.39 is 11.9 Å². The second-order valence-electron chi connectivity index (χ2n) is 7.43. The molecule has 2 aliphatic carbocycles. The zero-order valence-electron chi connectivity index (χ0n) is 19.8. The Morgan fingerprint density at radius 1 is 0.778 bits per heavy atom. The van der Waals surface area contributed by atoms with Gasteiger partial charge >= 0.3 is 23.0 Å². The van der Waals surface area contributed by atoms with Crippen LogP contribution in [0.5, 0.6) is 0 Å². The third-order valence-corrected chi connectivity index (χ3v) is 4.82. The number of nitrogens with one attached hydrogen (secondary N) is 2. The minimum absolute atomic E-state index is 0. The van der Waals surface area contributed by atoms with E-state index in [2.05, 4.69) is 22.5 Å². The van der Waals surface area contributed by atoms with E-state index in [1.54, 1.807) is 19.1 Å². The van der Waals surface area contributed by atoms with E-state index in [1.165, 1.54) is 0 Å². The van der Waals surface area contributed by atoms with Crippen LogP contribution in [0.15, 0.2) is 36.4 Å². The summed E-state index contributed by atoms with van der Waals surface area (Å²) in [5.41, 5.74) is 1.33. The fourth-order valence-electron chi connectivity index (χ4n) is 3.10. The number of amides is 2. The monoisotopic (exact) mass is 522 g/mol. The van der Waals surface area contributed by atoms with Crippen LogP contribution in [0.25, 0.3) is 10.8 Å². The topological polar surface area (TPSA) is 84.5 Å². The Bertz CT molecular complexity index is 1070. The summed E-state index contributed by atoms with van der Waals surface area (Å²) in [6, 6.07) is 11.1.